The minimum Gasteiger partial charge on any atom is -0.462 e. The SMILES string of the molecule is C=C(C)COC(=O)c1cccc(C(=O)OCCCCCC)c1. The normalized spacial score (nSPS) is 10.1. The fraction of sp³-hybridized carbons (Fsp3) is 0.444. The van der Waals surface area contributed by atoms with Gasteiger partial charge in [0.25, 0.3) is 0 Å². The minimum atomic E-state index is -0.472. The van der Waals surface area contributed by atoms with Gasteiger partial charge < -0.3 is 9.47 Å². The van der Waals surface area contributed by atoms with Gasteiger partial charge in [-0.15, -0.1) is 0 Å². The van der Waals surface area contributed by atoms with Crippen LogP contribution in [-0.4, -0.2) is 25.2 Å². The van der Waals surface area contributed by atoms with Crippen molar-refractivity contribution in [2.45, 2.75) is 39.5 Å². The van der Waals surface area contributed by atoms with Gasteiger partial charge in [0.05, 0.1) is 17.7 Å². The van der Waals surface area contributed by atoms with Crippen LogP contribution in [0.5, 0.6) is 0 Å². The number of hydrogen-bond donors (Lipinski definition) is 0. The highest BCUT2D eigenvalue weighted by molar-refractivity contribution is 5.95. The zero-order chi connectivity index (χ0) is 16.4. The van der Waals surface area contributed by atoms with Gasteiger partial charge in [0.2, 0.25) is 0 Å². The van der Waals surface area contributed by atoms with Crippen molar-refractivity contribution in [2.75, 3.05) is 13.2 Å². The summed E-state index contributed by atoms with van der Waals surface area (Å²) >= 11 is 0. The van der Waals surface area contributed by atoms with E-state index in [0.29, 0.717) is 17.7 Å². The summed E-state index contributed by atoms with van der Waals surface area (Å²) in [5.41, 5.74) is 1.46. The van der Waals surface area contributed by atoms with Gasteiger partial charge in [0, 0.05) is 0 Å². The standard InChI is InChI=1S/C18H24O4/c1-4-5-6-7-11-21-17(19)15-9-8-10-16(12-15)18(20)22-13-14(2)3/h8-10,12H,2,4-7,11,13H2,1,3H3. The van der Waals surface area contributed by atoms with Gasteiger partial charge in [0.15, 0.2) is 0 Å². The molecule has 0 aromatic heterocycles. The Kier molecular flexibility index (Phi) is 7.97. The number of unbranched alkanes of at least 4 members (excludes halogenated alkanes) is 3. The third kappa shape index (κ3) is 6.57. The minimum absolute atomic E-state index is 0.172. The Morgan fingerprint density at radius 1 is 1.05 bits per heavy atom. The molecule has 0 heterocycles. The first-order valence-electron chi connectivity index (χ1n) is 7.63. The lowest BCUT2D eigenvalue weighted by atomic mass is 10.1. The maximum Gasteiger partial charge on any atom is 0.338 e. The van der Waals surface area contributed by atoms with Gasteiger partial charge in [-0.05, 0) is 37.1 Å². The molecule has 0 atom stereocenters. The topological polar surface area (TPSA) is 52.6 Å². The van der Waals surface area contributed by atoms with Crippen LogP contribution >= 0.6 is 0 Å². The molecule has 1 rings (SSSR count). The molecule has 1 aromatic carbocycles. The summed E-state index contributed by atoms with van der Waals surface area (Å²) in [5, 5.41) is 0. The third-order valence-corrected chi connectivity index (χ3v) is 3.01. The van der Waals surface area contributed by atoms with Crippen LogP contribution in [0, 0.1) is 0 Å². The number of hydrogen-bond acceptors (Lipinski definition) is 4. The molecule has 0 aliphatic heterocycles. The summed E-state index contributed by atoms with van der Waals surface area (Å²) in [6.07, 6.45) is 4.20. The summed E-state index contributed by atoms with van der Waals surface area (Å²) in [4.78, 5) is 23.8. The zero-order valence-corrected chi connectivity index (χ0v) is 13.4. The first kappa shape index (κ1) is 18.0. The molecule has 0 unspecified atom stereocenters. The Hall–Kier alpha value is -2.10. The first-order valence-corrected chi connectivity index (χ1v) is 7.63. The molecular weight excluding hydrogens is 280 g/mol. The van der Waals surface area contributed by atoms with Crippen molar-refractivity contribution in [3.05, 3.63) is 47.5 Å². The van der Waals surface area contributed by atoms with Crippen molar-refractivity contribution in [2.24, 2.45) is 0 Å². The highest BCUT2D eigenvalue weighted by Crippen LogP contribution is 2.10. The summed E-state index contributed by atoms with van der Waals surface area (Å²) in [6.45, 7) is 8.15. The largest absolute Gasteiger partial charge is 0.462 e. The van der Waals surface area contributed by atoms with Crippen molar-refractivity contribution in [1.29, 1.82) is 0 Å². The molecule has 0 saturated carbocycles. The van der Waals surface area contributed by atoms with E-state index in [1.54, 1.807) is 25.1 Å². The maximum atomic E-state index is 11.9. The van der Waals surface area contributed by atoms with Crippen molar-refractivity contribution in [3.63, 3.8) is 0 Å². The quantitative estimate of drug-likeness (QED) is 0.390. The molecule has 0 saturated heterocycles. The van der Waals surface area contributed by atoms with Gasteiger partial charge in [0.1, 0.15) is 6.61 Å². The third-order valence-electron chi connectivity index (χ3n) is 3.01. The Bertz CT molecular complexity index is 520. The van der Waals surface area contributed by atoms with Gasteiger partial charge in [-0.3, -0.25) is 0 Å². The van der Waals surface area contributed by atoms with Crippen molar-refractivity contribution in [1.82, 2.24) is 0 Å². The van der Waals surface area contributed by atoms with E-state index in [1.807, 2.05) is 0 Å². The monoisotopic (exact) mass is 304 g/mol. The van der Waals surface area contributed by atoms with E-state index in [0.717, 1.165) is 31.3 Å². The van der Waals surface area contributed by atoms with Crippen molar-refractivity contribution < 1.29 is 19.1 Å². The van der Waals surface area contributed by atoms with E-state index in [9.17, 15) is 9.59 Å². The van der Waals surface area contributed by atoms with Crippen molar-refractivity contribution in [3.8, 4) is 0 Å². The summed E-state index contributed by atoms with van der Waals surface area (Å²) in [6, 6.07) is 6.38. The molecule has 120 valence electrons. The second-order valence-electron chi connectivity index (χ2n) is 5.31. The molecular formula is C18H24O4. The van der Waals surface area contributed by atoms with Crippen LogP contribution in [0.25, 0.3) is 0 Å². The Labute approximate surface area is 132 Å². The van der Waals surface area contributed by atoms with Crippen LogP contribution in [0.1, 0.15) is 60.2 Å². The molecule has 0 spiro atoms. The summed E-state index contributed by atoms with van der Waals surface area (Å²) in [5.74, 6) is -0.883. The average molecular weight is 304 g/mol. The molecule has 0 N–H and O–H groups in total. The Morgan fingerprint density at radius 2 is 1.68 bits per heavy atom. The van der Waals surface area contributed by atoms with E-state index in [-0.39, 0.29) is 6.61 Å². The highest BCUT2D eigenvalue weighted by Gasteiger charge is 2.12. The van der Waals surface area contributed by atoms with Gasteiger partial charge in [-0.1, -0.05) is 38.8 Å². The fourth-order valence-corrected chi connectivity index (χ4v) is 1.82. The molecule has 22 heavy (non-hydrogen) atoms. The number of rotatable bonds is 9. The van der Waals surface area contributed by atoms with Crippen LogP contribution < -0.4 is 0 Å². The number of benzene rings is 1. The number of carbonyl (C=O) groups excluding carboxylic acids is 2. The molecule has 0 aliphatic carbocycles. The lowest BCUT2D eigenvalue weighted by Gasteiger charge is -2.07. The van der Waals surface area contributed by atoms with E-state index in [2.05, 4.69) is 13.5 Å². The van der Waals surface area contributed by atoms with E-state index < -0.39 is 11.9 Å². The van der Waals surface area contributed by atoms with Crippen molar-refractivity contribution >= 4 is 11.9 Å². The zero-order valence-electron chi connectivity index (χ0n) is 13.4. The highest BCUT2D eigenvalue weighted by atomic mass is 16.5. The molecule has 1 aromatic rings. The fourth-order valence-electron chi connectivity index (χ4n) is 1.82. The van der Waals surface area contributed by atoms with Crippen LogP contribution in [0.15, 0.2) is 36.4 Å². The van der Waals surface area contributed by atoms with Crippen LogP contribution in [0.2, 0.25) is 0 Å². The predicted molar refractivity (Wildman–Crippen MR) is 86.0 cm³/mol. The maximum absolute atomic E-state index is 11.9. The first-order chi connectivity index (χ1) is 10.5. The average Bonchev–Trinajstić information content (AvgIpc) is 2.52. The number of esters is 2. The Morgan fingerprint density at radius 3 is 2.27 bits per heavy atom. The molecule has 0 fully saturated rings. The van der Waals surface area contributed by atoms with Crippen LogP contribution in [0.3, 0.4) is 0 Å². The second kappa shape index (κ2) is 9.77. The van der Waals surface area contributed by atoms with Gasteiger partial charge >= 0.3 is 11.9 Å². The lowest BCUT2D eigenvalue weighted by molar-refractivity contribution is 0.0497. The van der Waals surface area contributed by atoms with Crippen LogP contribution in [0.4, 0.5) is 0 Å². The molecule has 0 radical (unpaired) electrons. The lowest BCUT2D eigenvalue weighted by Crippen LogP contribution is -2.10. The number of ether oxygens (including phenoxy) is 2. The summed E-state index contributed by atoms with van der Waals surface area (Å²) in [7, 11) is 0. The van der Waals surface area contributed by atoms with E-state index >= 15 is 0 Å². The van der Waals surface area contributed by atoms with Gasteiger partial charge in [-0.2, -0.15) is 0 Å². The van der Waals surface area contributed by atoms with E-state index in [4.69, 9.17) is 9.47 Å². The molecule has 0 amide bonds. The van der Waals surface area contributed by atoms with E-state index in [1.165, 1.54) is 6.07 Å². The summed E-state index contributed by atoms with van der Waals surface area (Å²) < 4.78 is 10.3. The number of carbonyl (C=O) groups is 2. The molecule has 0 aliphatic rings. The predicted octanol–water partition coefficient (Wildman–Crippen LogP) is 4.16. The second-order valence-corrected chi connectivity index (χ2v) is 5.31. The molecule has 4 nitrogen and oxygen atoms in total. The van der Waals surface area contributed by atoms with Crippen LogP contribution in [-0.2, 0) is 9.47 Å². The molecule has 0 bridgehead atoms. The van der Waals surface area contributed by atoms with Gasteiger partial charge in [-0.25, -0.2) is 9.59 Å². The smallest absolute Gasteiger partial charge is 0.338 e. The molecule has 4 heteroatoms. The Balaban J connectivity index is 2.53.